The maximum Gasteiger partial charge on any atom is 0.223 e. The van der Waals surface area contributed by atoms with Crippen molar-refractivity contribution in [3.63, 3.8) is 0 Å². The molecule has 0 aromatic heterocycles. The van der Waals surface area contributed by atoms with Crippen LogP contribution in [0.25, 0.3) is 0 Å². The van der Waals surface area contributed by atoms with Crippen LogP contribution in [0, 0.1) is 5.92 Å². The van der Waals surface area contributed by atoms with E-state index in [1.807, 2.05) is 6.07 Å². The van der Waals surface area contributed by atoms with Crippen molar-refractivity contribution in [1.82, 2.24) is 5.32 Å². The second kappa shape index (κ2) is 7.17. The number of carbonyl (C=O) groups is 1. The molecule has 1 saturated carbocycles. The Kier molecular flexibility index (Phi) is 5.49. The van der Waals surface area contributed by atoms with E-state index in [0.29, 0.717) is 6.54 Å². The zero-order chi connectivity index (χ0) is 16.2. The van der Waals surface area contributed by atoms with E-state index < -0.39 is 0 Å². The molecule has 1 N–H and O–H groups in total. The van der Waals surface area contributed by atoms with E-state index in [1.165, 1.54) is 30.4 Å². The minimum atomic E-state index is 0.0272. The summed E-state index contributed by atoms with van der Waals surface area (Å²) in [5.74, 6) is 1.30. The number of carbonyl (C=O) groups excluding carboxylic acids is 1. The predicted octanol–water partition coefficient (Wildman–Crippen LogP) is 4.19. The van der Waals surface area contributed by atoms with Crippen molar-refractivity contribution in [3.05, 3.63) is 29.3 Å². The first-order valence-corrected chi connectivity index (χ1v) is 8.37. The lowest BCUT2D eigenvalue weighted by Gasteiger charge is -2.25. The Balaban J connectivity index is 2.07. The Morgan fingerprint density at radius 2 is 1.91 bits per heavy atom. The van der Waals surface area contributed by atoms with Crippen molar-refractivity contribution in [2.24, 2.45) is 5.92 Å². The quantitative estimate of drug-likeness (QED) is 0.905. The van der Waals surface area contributed by atoms with Gasteiger partial charge in [0.05, 0.1) is 7.11 Å². The second-order valence-electron chi connectivity index (χ2n) is 7.33. The number of amides is 1. The number of hydrogen-bond donors (Lipinski definition) is 1. The molecule has 22 heavy (non-hydrogen) atoms. The summed E-state index contributed by atoms with van der Waals surface area (Å²) in [5, 5.41) is 3.14. The van der Waals surface area contributed by atoms with Gasteiger partial charge in [0, 0.05) is 12.5 Å². The smallest absolute Gasteiger partial charge is 0.223 e. The molecule has 1 amide bonds. The summed E-state index contributed by atoms with van der Waals surface area (Å²) in [6, 6.07) is 6.13. The molecular weight excluding hydrogens is 274 g/mol. The standard InChI is InChI=1S/C19H29NO2/c1-19(2,3)17-12-16(22-4)11-10-15(17)13-20-18(21)14-8-6-5-7-9-14/h10-12,14H,5-9,13H2,1-4H3,(H,20,21). The zero-order valence-corrected chi connectivity index (χ0v) is 14.4. The van der Waals surface area contributed by atoms with Crippen LogP contribution in [0.1, 0.15) is 64.0 Å². The van der Waals surface area contributed by atoms with Crippen molar-refractivity contribution in [2.45, 2.75) is 64.8 Å². The first kappa shape index (κ1) is 16.9. The highest BCUT2D eigenvalue weighted by Gasteiger charge is 2.22. The summed E-state index contributed by atoms with van der Waals surface area (Å²) in [6.45, 7) is 7.17. The van der Waals surface area contributed by atoms with E-state index in [9.17, 15) is 4.79 Å². The summed E-state index contributed by atoms with van der Waals surface area (Å²) in [5.41, 5.74) is 2.44. The third kappa shape index (κ3) is 4.25. The van der Waals surface area contributed by atoms with Gasteiger partial charge in [-0.3, -0.25) is 4.79 Å². The molecule has 1 aromatic rings. The number of hydrogen-bond acceptors (Lipinski definition) is 2. The van der Waals surface area contributed by atoms with Crippen molar-refractivity contribution < 1.29 is 9.53 Å². The van der Waals surface area contributed by atoms with Crippen LogP contribution in [0.5, 0.6) is 5.75 Å². The van der Waals surface area contributed by atoms with Gasteiger partial charge in [0.1, 0.15) is 5.75 Å². The topological polar surface area (TPSA) is 38.3 Å². The van der Waals surface area contributed by atoms with Gasteiger partial charge < -0.3 is 10.1 Å². The average molecular weight is 303 g/mol. The van der Waals surface area contributed by atoms with Gasteiger partial charge in [-0.05, 0) is 41.5 Å². The summed E-state index contributed by atoms with van der Waals surface area (Å²) in [4.78, 5) is 12.3. The number of nitrogens with one attached hydrogen (secondary N) is 1. The molecule has 1 aliphatic carbocycles. The summed E-state index contributed by atoms with van der Waals surface area (Å²) in [7, 11) is 1.69. The Hall–Kier alpha value is -1.51. The highest BCUT2D eigenvalue weighted by Crippen LogP contribution is 2.30. The molecule has 0 saturated heterocycles. The van der Waals surface area contributed by atoms with Crippen molar-refractivity contribution >= 4 is 5.91 Å². The van der Waals surface area contributed by atoms with Crippen LogP contribution in [-0.4, -0.2) is 13.0 Å². The predicted molar refractivity (Wildman–Crippen MR) is 90.1 cm³/mol. The van der Waals surface area contributed by atoms with Crippen LogP contribution in [0.4, 0.5) is 0 Å². The SMILES string of the molecule is COc1ccc(CNC(=O)C2CCCCC2)c(C(C)(C)C)c1. The van der Waals surface area contributed by atoms with E-state index in [-0.39, 0.29) is 17.2 Å². The number of methoxy groups -OCH3 is 1. The van der Waals surface area contributed by atoms with Crippen molar-refractivity contribution in [1.29, 1.82) is 0 Å². The van der Waals surface area contributed by atoms with E-state index in [4.69, 9.17) is 4.74 Å². The Morgan fingerprint density at radius 3 is 2.50 bits per heavy atom. The van der Waals surface area contributed by atoms with Crippen LogP contribution in [-0.2, 0) is 16.8 Å². The lowest BCUT2D eigenvalue weighted by molar-refractivity contribution is -0.126. The number of ether oxygens (including phenoxy) is 1. The maximum absolute atomic E-state index is 12.3. The van der Waals surface area contributed by atoms with Gasteiger partial charge >= 0.3 is 0 Å². The van der Waals surface area contributed by atoms with E-state index in [1.54, 1.807) is 7.11 Å². The highest BCUT2D eigenvalue weighted by atomic mass is 16.5. The first-order valence-electron chi connectivity index (χ1n) is 8.37. The molecule has 0 aliphatic heterocycles. The molecule has 0 unspecified atom stereocenters. The third-order valence-electron chi connectivity index (χ3n) is 4.55. The van der Waals surface area contributed by atoms with Gasteiger partial charge in [-0.25, -0.2) is 0 Å². The normalized spacial score (nSPS) is 16.4. The molecule has 2 rings (SSSR count). The van der Waals surface area contributed by atoms with Gasteiger partial charge in [-0.1, -0.05) is 46.1 Å². The minimum absolute atomic E-state index is 0.0272. The lowest BCUT2D eigenvalue weighted by Crippen LogP contribution is -2.32. The fraction of sp³-hybridized carbons (Fsp3) is 0.632. The van der Waals surface area contributed by atoms with E-state index in [0.717, 1.165) is 18.6 Å². The first-order chi connectivity index (χ1) is 10.4. The summed E-state index contributed by atoms with van der Waals surface area (Å²) >= 11 is 0. The lowest BCUT2D eigenvalue weighted by atomic mass is 9.83. The van der Waals surface area contributed by atoms with Crippen LogP contribution >= 0.6 is 0 Å². The molecular formula is C19H29NO2. The van der Waals surface area contributed by atoms with Gasteiger partial charge in [0.2, 0.25) is 5.91 Å². The third-order valence-corrected chi connectivity index (χ3v) is 4.55. The molecule has 0 radical (unpaired) electrons. The Morgan fingerprint density at radius 1 is 1.23 bits per heavy atom. The van der Waals surface area contributed by atoms with Gasteiger partial charge in [-0.2, -0.15) is 0 Å². The van der Waals surface area contributed by atoms with E-state index in [2.05, 4.69) is 38.2 Å². The fourth-order valence-corrected chi connectivity index (χ4v) is 3.23. The molecule has 3 nitrogen and oxygen atoms in total. The van der Waals surface area contributed by atoms with Crippen molar-refractivity contribution in [2.75, 3.05) is 7.11 Å². The molecule has 1 aromatic carbocycles. The Bertz CT molecular complexity index is 511. The van der Waals surface area contributed by atoms with Crippen LogP contribution in [0.2, 0.25) is 0 Å². The van der Waals surface area contributed by atoms with Gasteiger partial charge in [0.25, 0.3) is 0 Å². The zero-order valence-electron chi connectivity index (χ0n) is 14.4. The second-order valence-corrected chi connectivity index (χ2v) is 7.33. The number of rotatable bonds is 4. The van der Waals surface area contributed by atoms with Crippen LogP contribution < -0.4 is 10.1 Å². The minimum Gasteiger partial charge on any atom is -0.497 e. The van der Waals surface area contributed by atoms with E-state index >= 15 is 0 Å². The van der Waals surface area contributed by atoms with Crippen LogP contribution in [0.3, 0.4) is 0 Å². The highest BCUT2D eigenvalue weighted by molar-refractivity contribution is 5.78. The fourth-order valence-electron chi connectivity index (χ4n) is 3.23. The monoisotopic (exact) mass is 303 g/mol. The molecule has 0 bridgehead atoms. The van der Waals surface area contributed by atoms with Gasteiger partial charge in [0.15, 0.2) is 0 Å². The average Bonchev–Trinajstić information content (AvgIpc) is 2.52. The molecule has 122 valence electrons. The van der Waals surface area contributed by atoms with Gasteiger partial charge in [-0.15, -0.1) is 0 Å². The summed E-state index contributed by atoms with van der Waals surface area (Å²) in [6.07, 6.45) is 5.74. The summed E-state index contributed by atoms with van der Waals surface area (Å²) < 4.78 is 5.34. The Labute approximate surface area is 134 Å². The molecule has 0 atom stereocenters. The molecule has 3 heteroatoms. The maximum atomic E-state index is 12.3. The molecule has 1 aliphatic rings. The largest absolute Gasteiger partial charge is 0.497 e. The number of benzene rings is 1. The molecule has 1 fully saturated rings. The van der Waals surface area contributed by atoms with Crippen LogP contribution in [0.15, 0.2) is 18.2 Å². The molecule has 0 spiro atoms. The molecule has 0 heterocycles. The van der Waals surface area contributed by atoms with Crippen molar-refractivity contribution in [3.8, 4) is 5.75 Å².